The minimum absolute atomic E-state index is 0.00795. The Morgan fingerprint density at radius 2 is 2.13 bits per heavy atom. The van der Waals surface area contributed by atoms with Crippen LogP contribution in [0.5, 0.6) is 11.5 Å². The summed E-state index contributed by atoms with van der Waals surface area (Å²) in [6.07, 6.45) is 5.29. The van der Waals surface area contributed by atoms with E-state index in [-0.39, 0.29) is 17.8 Å². The highest BCUT2D eigenvalue weighted by molar-refractivity contribution is 5.99. The van der Waals surface area contributed by atoms with Crippen LogP contribution >= 0.6 is 0 Å². The highest BCUT2D eigenvalue weighted by Gasteiger charge is 2.26. The van der Waals surface area contributed by atoms with Crippen molar-refractivity contribution in [2.75, 3.05) is 26.9 Å². The average Bonchev–Trinajstić information content (AvgIpc) is 3.41. The highest BCUT2D eigenvalue weighted by atomic mass is 16.5. The van der Waals surface area contributed by atoms with Crippen LogP contribution in [0, 0.1) is 0 Å². The summed E-state index contributed by atoms with van der Waals surface area (Å²) in [5.74, 6) is 1.01. The largest absolute Gasteiger partial charge is 0.493 e. The molecular formula is C24H30N2O5. The van der Waals surface area contributed by atoms with E-state index in [0.717, 1.165) is 18.4 Å². The van der Waals surface area contributed by atoms with Gasteiger partial charge in [0.05, 0.1) is 13.2 Å². The van der Waals surface area contributed by atoms with Gasteiger partial charge in [0.15, 0.2) is 17.3 Å². The van der Waals surface area contributed by atoms with Crippen LogP contribution in [-0.4, -0.2) is 54.1 Å². The van der Waals surface area contributed by atoms with Crippen molar-refractivity contribution in [1.82, 2.24) is 9.47 Å². The summed E-state index contributed by atoms with van der Waals surface area (Å²) < 4.78 is 18.6. The van der Waals surface area contributed by atoms with Gasteiger partial charge in [0, 0.05) is 38.5 Å². The second kappa shape index (κ2) is 10.3. The molecule has 1 fully saturated rings. The van der Waals surface area contributed by atoms with Gasteiger partial charge in [0.1, 0.15) is 12.3 Å². The number of aromatic nitrogens is 1. The molecular weight excluding hydrogens is 396 g/mol. The number of carbonyl (C=O) groups excluding carboxylic acids is 2. The maximum absolute atomic E-state index is 13.4. The van der Waals surface area contributed by atoms with Gasteiger partial charge in [-0.25, -0.2) is 0 Å². The molecule has 1 aliphatic rings. The predicted octanol–water partition coefficient (Wildman–Crippen LogP) is 3.62. The first kappa shape index (κ1) is 22.6. The molecule has 3 rings (SSSR count). The SMILES string of the molecule is C=CCOc1ccc(CN(CC2CCCO2)C(=O)c2cc(C(C)=O)cn2C)cc1OC. The van der Waals surface area contributed by atoms with E-state index in [1.165, 1.54) is 6.92 Å². The van der Waals surface area contributed by atoms with Crippen LogP contribution < -0.4 is 9.47 Å². The lowest BCUT2D eigenvalue weighted by molar-refractivity contribution is 0.0500. The van der Waals surface area contributed by atoms with Gasteiger partial charge >= 0.3 is 0 Å². The van der Waals surface area contributed by atoms with Crippen LogP contribution in [0.25, 0.3) is 0 Å². The van der Waals surface area contributed by atoms with Crippen molar-refractivity contribution in [3.05, 3.63) is 59.9 Å². The smallest absolute Gasteiger partial charge is 0.270 e. The lowest BCUT2D eigenvalue weighted by Crippen LogP contribution is -2.37. The summed E-state index contributed by atoms with van der Waals surface area (Å²) in [5, 5.41) is 0. The molecule has 1 saturated heterocycles. The maximum Gasteiger partial charge on any atom is 0.270 e. The van der Waals surface area contributed by atoms with Gasteiger partial charge in [-0.2, -0.15) is 0 Å². The van der Waals surface area contributed by atoms with Gasteiger partial charge in [-0.1, -0.05) is 18.7 Å². The molecule has 1 aliphatic heterocycles. The Hall–Kier alpha value is -3.06. The van der Waals surface area contributed by atoms with Crippen molar-refractivity contribution in [2.24, 2.45) is 7.05 Å². The fraction of sp³-hybridized carbons (Fsp3) is 0.417. The molecule has 0 aliphatic carbocycles. The maximum atomic E-state index is 13.4. The van der Waals surface area contributed by atoms with E-state index in [1.54, 1.807) is 42.0 Å². The number of Topliss-reactive ketones (excluding diaryl/α,β-unsaturated/α-hetero) is 1. The van der Waals surface area contributed by atoms with Crippen LogP contribution in [-0.2, 0) is 18.3 Å². The molecule has 1 atom stereocenters. The number of nitrogens with zero attached hydrogens (tertiary/aromatic N) is 2. The zero-order chi connectivity index (χ0) is 22.4. The Kier molecular flexibility index (Phi) is 7.52. The topological polar surface area (TPSA) is 70.0 Å². The van der Waals surface area contributed by atoms with Gasteiger partial charge in [0.2, 0.25) is 0 Å². The summed E-state index contributed by atoms with van der Waals surface area (Å²) >= 11 is 0. The fourth-order valence-corrected chi connectivity index (χ4v) is 3.68. The van der Waals surface area contributed by atoms with Crippen LogP contribution in [0.1, 0.15) is 46.2 Å². The van der Waals surface area contributed by atoms with Crippen molar-refractivity contribution in [1.29, 1.82) is 0 Å². The molecule has 31 heavy (non-hydrogen) atoms. The lowest BCUT2D eigenvalue weighted by atomic mass is 10.1. The van der Waals surface area contributed by atoms with E-state index >= 15 is 0 Å². The summed E-state index contributed by atoms with van der Waals surface area (Å²) in [6, 6.07) is 7.28. The predicted molar refractivity (Wildman–Crippen MR) is 118 cm³/mol. The van der Waals surface area contributed by atoms with E-state index in [1.807, 2.05) is 18.2 Å². The molecule has 0 N–H and O–H groups in total. The minimum Gasteiger partial charge on any atom is -0.493 e. The minimum atomic E-state index is -0.142. The Bertz CT molecular complexity index is 943. The van der Waals surface area contributed by atoms with E-state index in [4.69, 9.17) is 14.2 Å². The van der Waals surface area contributed by atoms with Crippen molar-refractivity contribution in [3.63, 3.8) is 0 Å². The summed E-state index contributed by atoms with van der Waals surface area (Å²) in [6.45, 7) is 7.12. The van der Waals surface area contributed by atoms with E-state index in [2.05, 4.69) is 6.58 Å². The quantitative estimate of drug-likeness (QED) is 0.429. The molecule has 0 saturated carbocycles. The number of rotatable bonds is 10. The lowest BCUT2D eigenvalue weighted by Gasteiger charge is -2.26. The molecule has 7 heteroatoms. The standard InChI is InChI=1S/C24H30N2O5/c1-5-10-31-22-9-8-18(12-23(22)29-4)14-26(16-20-7-6-11-30-20)24(28)21-13-19(17(2)27)15-25(21)3/h5,8-9,12-13,15,20H,1,6-7,10-11,14,16H2,2-4H3. The monoisotopic (exact) mass is 426 g/mol. The van der Waals surface area contributed by atoms with Crippen LogP contribution in [0.15, 0.2) is 43.1 Å². The number of hydrogen-bond donors (Lipinski definition) is 0. The van der Waals surface area contributed by atoms with Gasteiger partial charge in [-0.05, 0) is 43.5 Å². The van der Waals surface area contributed by atoms with Crippen molar-refractivity contribution >= 4 is 11.7 Å². The van der Waals surface area contributed by atoms with E-state index in [0.29, 0.717) is 49.1 Å². The number of ketones is 1. The number of benzene rings is 1. The third kappa shape index (κ3) is 5.55. The Labute approximate surface area is 183 Å². The van der Waals surface area contributed by atoms with Gasteiger partial charge in [-0.3, -0.25) is 9.59 Å². The molecule has 0 radical (unpaired) electrons. The molecule has 0 spiro atoms. The van der Waals surface area contributed by atoms with Crippen molar-refractivity contribution in [2.45, 2.75) is 32.4 Å². The number of hydrogen-bond acceptors (Lipinski definition) is 5. The zero-order valence-corrected chi connectivity index (χ0v) is 18.4. The Morgan fingerprint density at radius 1 is 1.32 bits per heavy atom. The van der Waals surface area contributed by atoms with Crippen LogP contribution in [0.3, 0.4) is 0 Å². The molecule has 2 aromatic rings. The number of ether oxygens (including phenoxy) is 3. The third-order valence-electron chi connectivity index (χ3n) is 5.32. The molecule has 1 aromatic heterocycles. The highest BCUT2D eigenvalue weighted by Crippen LogP contribution is 2.29. The molecule has 1 unspecified atom stereocenters. The van der Waals surface area contributed by atoms with Crippen LogP contribution in [0.4, 0.5) is 0 Å². The second-order valence-corrected chi connectivity index (χ2v) is 7.69. The third-order valence-corrected chi connectivity index (χ3v) is 5.32. The van der Waals surface area contributed by atoms with Crippen molar-refractivity contribution < 1.29 is 23.8 Å². The normalized spacial score (nSPS) is 15.5. The van der Waals surface area contributed by atoms with Gasteiger partial charge in [0.25, 0.3) is 5.91 Å². The molecule has 1 aromatic carbocycles. The second-order valence-electron chi connectivity index (χ2n) is 7.69. The Balaban J connectivity index is 1.86. The summed E-state index contributed by atoms with van der Waals surface area (Å²) in [7, 11) is 3.36. The van der Waals surface area contributed by atoms with Crippen LogP contribution in [0.2, 0.25) is 0 Å². The molecule has 7 nitrogen and oxygen atoms in total. The molecule has 0 bridgehead atoms. The first-order valence-electron chi connectivity index (χ1n) is 10.4. The molecule has 166 valence electrons. The molecule has 1 amide bonds. The average molecular weight is 427 g/mol. The molecule has 2 heterocycles. The Morgan fingerprint density at radius 3 is 2.74 bits per heavy atom. The summed E-state index contributed by atoms with van der Waals surface area (Å²) in [5.41, 5.74) is 1.91. The van der Waals surface area contributed by atoms with Gasteiger partial charge < -0.3 is 23.7 Å². The number of aryl methyl sites for hydroxylation is 1. The fourth-order valence-electron chi connectivity index (χ4n) is 3.68. The number of amides is 1. The number of carbonyl (C=O) groups is 2. The zero-order valence-electron chi connectivity index (χ0n) is 18.4. The summed E-state index contributed by atoms with van der Waals surface area (Å²) in [4.78, 5) is 27.0. The van der Waals surface area contributed by atoms with Gasteiger partial charge in [-0.15, -0.1) is 0 Å². The van der Waals surface area contributed by atoms with E-state index in [9.17, 15) is 9.59 Å². The number of methoxy groups -OCH3 is 1. The first-order valence-corrected chi connectivity index (χ1v) is 10.4. The van der Waals surface area contributed by atoms with E-state index < -0.39 is 0 Å². The first-order chi connectivity index (χ1) is 14.9. The van der Waals surface area contributed by atoms with Crippen molar-refractivity contribution in [3.8, 4) is 11.5 Å².